The van der Waals surface area contributed by atoms with E-state index in [2.05, 4.69) is 56.1 Å². The van der Waals surface area contributed by atoms with Crippen molar-refractivity contribution in [2.75, 3.05) is 45.9 Å². The Hall–Kier alpha value is -2.45. The molecule has 1 saturated heterocycles. The van der Waals surface area contributed by atoms with Crippen LogP contribution in [0.25, 0.3) is 0 Å². The van der Waals surface area contributed by atoms with Gasteiger partial charge in [0.1, 0.15) is 12.4 Å². The molecular formula is C21H33N7O. The third-order valence-electron chi connectivity index (χ3n) is 5.16. The van der Waals surface area contributed by atoms with Gasteiger partial charge in [-0.2, -0.15) is 0 Å². The van der Waals surface area contributed by atoms with Gasteiger partial charge in [-0.1, -0.05) is 30.3 Å². The van der Waals surface area contributed by atoms with Crippen LogP contribution < -0.4 is 10.6 Å². The third kappa shape index (κ3) is 7.14. The fourth-order valence-electron chi connectivity index (χ4n) is 3.21. The van der Waals surface area contributed by atoms with Crippen LogP contribution in [0.15, 0.2) is 35.3 Å². The molecule has 8 heteroatoms. The van der Waals surface area contributed by atoms with Gasteiger partial charge in [-0.3, -0.25) is 4.90 Å². The molecule has 1 aliphatic heterocycles. The van der Waals surface area contributed by atoms with Gasteiger partial charge in [0.25, 0.3) is 0 Å². The molecule has 1 aromatic heterocycles. The zero-order valence-electron chi connectivity index (χ0n) is 17.6. The van der Waals surface area contributed by atoms with E-state index in [4.69, 9.17) is 9.73 Å². The molecule has 0 bridgehead atoms. The molecule has 3 rings (SSSR count). The van der Waals surface area contributed by atoms with Crippen molar-refractivity contribution in [3.63, 3.8) is 0 Å². The van der Waals surface area contributed by atoms with E-state index in [-0.39, 0.29) is 0 Å². The minimum atomic E-state index is 0.503. The topological polar surface area (TPSA) is 79.6 Å². The second-order valence-corrected chi connectivity index (χ2v) is 7.28. The Morgan fingerprint density at radius 1 is 1.10 bits per heavy atom. The lowest BCUT2D eigenvalue weighted by atomic mass is 10.1. The first-order chi connectivity index (χ1) is 14.2. The molecule has 2 aromatic rings. The maximum atomic E-state index is 5.42. The van der Waals surface area contributed by atoms with Crippen LogP contribution in [0.2, 0.25) is 0 Å². The number of ether oxygens (including phenoxy) is 1. The molecule has 1 aromatic carbocycles. The van der Waals surface area contributed by atoms with Crippen LogP contribution >= 0.6 is 0 Å². The lowest BCUT2D eigenvalue weighted by molar-refractivity contribution is 0.0389. The van der Waals surface area contributed by atoms with Gasteiger partial charge in [0.2, 0.25) is 0 Å². The van der Waals surface area contributed by atoms with Crippen molar-refractivity contribution in [3.05, 3.63) is 47.5 Å². The molecule has 2 N–H and O–H groups in total. The lowest BCUT2D eigenvalue weighted by Crippen LogP contribution is -2.44. The number of aliphatic imine (C=N–C) groups is 1. The third-order valence-corrected chi connectivity index (χ3v) is 5.16. The van der Waals surface area contributed by atoms with Crippen LogP contribution in [0.5, 0.6) is 0 Å². The molecule has 2 heterocycles. The van der Waals surface area contributed by atoms with Gasteiger partial charge in [-0.25, -0.2) is 4.99 Å². The summed E-state index contributed by atoms with van der Waals surface area (Å²) >= 11 is 0. The number of rotatable bonds is 9. The Labute approximate surface area is 173 Å². The first kappa shape index (κ1) is 21.3. The van der Waals surface area contributed by atoms with Crippen molar-refractivity contribution in [2.24, 2.45) is 12.0 Å². The molecule has 8 nitrogen and oxygen atoms in total. The molecule has 0 radical (unpaired) electrons. The summed E-state index contributed by atoms with van der Waals surface area (Å²) in [7, 11) is 1.97. The van der Waals surface area contributed by atoms with Gasteiger partial charge in [-0.05, 0) is 25.3 Å². The maximum Gasteiger partial charge on any atom is 0.191 e. The number of guanidine groups is 1. The highest BCUT2D eigenvalue weighted by Crippen LogP contribution is 2.02. The zero-order valence-corrected chi connectivity index (χ0v) is 17.6. The van der Waals surface area contributed by atoms with E-state index < -0.39 is 0 Å². The van der Waals surface area contributed by atoms with Crippen molar-refractivity contribution in [2.45, 2.75) is 26.3 Å². The van der Waals surface area contributed by atoms with Crippen LogP contribution in [0, 0.1) is 6.92 Å². The summed E-state index contributed by atoms with van der Waals surface area (Å²) in [4.78, 5) is 7.14. The van der Waals surface area contributed by atoms with Gasteiger partial charge in [0.15, 0.2) is 11.8 Å². The van der Waals surface area contributed by atoms with E-state index in [0.29, 0.717) is 6.54 Å². The Morgan fingerprint density at radius 3 is 2.59 bits per heavy atom. The van der Waals surface area contributed by atoms with E-state index in [9.17, 15) is 0 Å². The molecular weight excluding hydrogens is 366 g/mol. The second-order valence-electron chi connectivity index (χ2n) is 7.28. The number of nitrogens with zero attached hydrogens (tertiary/aromatic N) is 5. The van der Waals surface area contributed by atoms with Crippen molar-refractivity contribution in [1.29, 1.82) is 0 Å². The molecule has 0 unspecified atom stereocenters. The molecule has 0 atom stereocenters. The average Bonchev–Trinajstić information content (AvgIpc) is 3.08. The highest BCUT2D eigenvalue weighted by atomic mass is 16.5. The molecule has 29 heavy (non-hydrogen) atoms. The summed E-state index contributed by atoms with van der Waals surface area (Å²) in [6.45, 7) is 8.80. The number of aromatic nitrogens is 3. The maximum absolute atomic E-state index is 5.42. The molecule has 0 aliphatic carbocycles. The number of hydrogen-bond acceptors (Lipinski definition) is 5. The summed E-state index contributed by atoms with van der Waals surface area (Å²) in [6.07, 6.45) is 2.11. The van der Waals surface area contributed by atoms with Gasteiger partial charge >= 0.3 is 0 Å². The number of hydrogen-bond donors (Lipinski definition) is 2. The van der Waals surface area contributed by atoms with Gasteiger partial charge in [0, 0.05) is 39.8 Å². The minimum absolute atomic E-state index is 0.503. The first-order valence-electron chi connectivity index (χ1n) is 10.4. The normalized spacial score (nSPS) is 15.4. The van der Waals surface area contributed by atoms with E-state index in [1.54, 1.807) is 0 Å². The number of aryl methyl sites for hydroxylation is 2. The Kier molecular flexibility index (Phi) is 8.45. The molecule has 1 aliphatic rings. The summed E-state index contributed by atoms with van der Waals surface area (Å²) in [5, 5.41) is 15.2. The van der Waals surface area contributed by atoms with Crippen molar-refractivity contribution < 1.29 is 4.74 Å². The van der Waals surface area contributed by atoms with Crippen LogP contribution in [-0.2, 0) is 24.8 Å². The standard InChI is InChI=1S/C21H33N7O/c1-18-25-26-20(27(18)2)17-24-21(23-11-12-28-13-15-29-16-14-28)22-10-6-9-19-7-4-3-5-8-19/h3-5,7-8H,6,9-17H2,1-2H3,(H2,22,23,24). The van der Waals surface area contributed by atoms with Crippen LogP contribution in [0.4, 0.5) is 0 Å². The average molecular weight is 400 g/mol. The van der Waals surface area contributed by atoms with Gasteiger partial charge < -0.3 is 19.9 Å². The van der Waals surface area contributed by atoms with E-state index in [1.807, 2.05) is 18.5 Å². The predicted octanol–water partition coefficient (Wildman–Crippen LogP) is 1.12. The van der Waals surface area contributed by atoms with Gasteiger partial charge in [-0.15, -0.1) is 10.2 Å². The van der Waals surface area contributed by atoms with Crippen LogP contribution in [-0.4, -0.2) is 71.6 Å². The highest BCUT2D eigenvalue weighted by molar-refractivity contribution is 5.79. The van der Waals surface area contributed by atoms with E-state index >= 15 is 0 Å². The Bertz CT molecular complexity index is 754. The number of morpholine rings is 1. The smallest absolute Gasteiger partial charge is 0.191 e. The quantitative estimate of drug-likeness (QED) is 0.374. The van der Waals surface area contributed by atoms with E-state index in [0.717, 1.165) is 76.4 Å². The molecule has 1 fully saturated rings. The van der Waals surface area contributed by atoms with Crippen molar-refractivity contribution in [1.82, 2.24) is 30.3 Å². The summed E-state index contributed by atoms with van der Waals surface area (Å²) in [5.41, 5.74) is 1.36. The SMILES string of the molecule is Cc1nnc(CN=C(NCCCc2ccccc2)NCCN2CCOCC2)n1C. The second kappa shape index (κ2) is 11.5. The monoisotopic (exact) mass is 399 g/mol. The molecule has 0 spiro atoms. The van der Waals surface area contributed by atoms with E-state index in [1.165, 1.54) is 5.56 Å². The largest absolute Gasteiger partial charge is 0.379 e. The summed E-state index contributed by atoms with van der Waals surface area (Å²) < 4.78 is 7.39. The fourth-order valence-corrected chi connectivity index (χ4v) is 3.21. The van der Waals surface area contributed by atoms with Crippen LogP contribution in [0.1, 0.15) is 23.6 Å². The molecule has 0 saturated carbocycles. The first-order valence-corrected chi connectivity index (χ1v) is 10.4. The zero-order chi connectivity index (χ0) is 20.3. The minimum Gasteiger partial charge on any atom is -0.379 e. The Morgan fingerprint density at radius 2 is 1.86 bits per heavy atom. The van der Waals surface area contributed by atoms with Crippen molar-refractivity contribution >= 4 is 5.96 Å². The van der Waals surface area contributed by atoms with Gasteiger partial charge in [0.05, 0.1) is 13.2 Å². The number of benzene rings is 1. The fraction of sp³-hybridized carbons (Fsp3) is 0.571. The highest BCUT2D eigenvalue weighted by Gasteiger charge is 2.10. The molecule has 158 valence electrons. The summed E-state index contributed by atoms with van der Waals surface area (Å²) in [5.74, 6) is 2.58. The predicted molar refractivity (Wildman–Crippen MR) is 115 cm³/mol. The van der Waals surface area contributed by atoms with Crippen molar-refractivity contribution in [3.8, 4) is 0 Å². The number of nitrogens with one attached hydrogen (secondary N) is 2. The lowest BCUT2D eigenvalue weighted by Gasteiger charge is -2.26. The molecule has 0 amide bonds. The van der Waals surface area contributed by atoms with Crippen LogP contribution in [0.3, 0.4) is 0 Å². The Balaban J connectivity index is 1.48. The summed E-state index contributed by atoms with van der Waals surface area (Å²) in [6, 6.07) is 10.6.